The van der Waals surface area contributed by atoms with E-state index in [1.54, 1.807) is 0 Å². The molecule has 2 aliphatic carbocycles. The minimum Gasteiger partial charge on any atom is -0.456 e. The summed E-state index contributed by atoms with van der Waals surface area (Å²) in [5.41, 5.74) is 18.1. The van der Waals surface area contributed by atoms with Crippen LogP contribution in [0, 0.1) is 0 Å². The van der Waals surface area contributed by atoms with Crippen molar-refractivity contribution in [1.82, 2.24) is 0 Å². The predicted octanol–water partition coefficient (Wildman–Crippen LogP) is 15.5. The molecule has 0 fully saturated rings. The van der Waals surface area contributed by atoms with Crippen LogP contribution in [0.5, 0.6) is 0 Å². The Morgan fingerprint density at radius 1 is 0.322 bits per heavy atom. The van der Waals surface area contributed by atoms with Crippen LogP contribution in [0.1, 0.15) is 22.3 Å². The number of rotatable bonds is 2. The summed E-state index contributed by atoms with van der Waals surface area (Å²) in [7, 11) is 0. The summed E-state index contributed by atoms with van der Waals surface area (Å²) in [6.07, 6.45) is 0. The van der Waals surface area contributed by atoms with Gasteiger partial charge in [-0.25, -0.2) is 0 Å². The van der Waals surface area contributed by atoms with E-state index in [4.69, 9.17) is 8.83 Å². The minimum atomic E-state index is -0.560. The summed E-state index contributed by atoms with van der Waals surface area (Å²) in [6, 6.07) is 71.4. The smallest absolute Gasteiger partial charge is 0.143 e. The number of fused-ring (bicyclic) bond motifs is 20. The summed E-state index contributed by atoms with van der Waals surface area (Å²) in [6.45, 7) is 0. The van der Waals surface area contributed by atoms with Gasteiger partial charge in [0.1, 0.15) is 22.3 Å². The van der Waals surface area contributed by atoms with Gasteiger partial charge in [-0.3, -0.25) is 0 Å². The van der Waals surface area contributed by atoms with Crippen molar-refractivity contribution >= 4 is 65.4 Å². The average molecular weight is 749 g/mol. The monoisotopic (exact) mass is 748 g/mol. The minimum absolute atomic E-state index is 0.560. The number of hydrogen-bond acceptors (Lipinski definition) is 2. The lowest BCUT2D eigenvalue weighted by atomic mass is 9.69. The summed E-state index contributed by atoms with van der Waals surface area (Å²) in [5, 5.41) is 9.34. The molecule has 0 unspecified atom stereocenters. The van der Waals surface area contributed by atoms with E-state index in [0.717, 1.165) is 66.0 Å². The Balaban J connectivity index is 1.17. The van der Waals surface area contributed by atoms with E-state index in [-0.39, 0.29) is 0 Å². The lowest BCUT2D eigenvalue weighted by Crippen LogP contribution is -2.26. The van der Waals surface area contributed by atoms with Crippen LogP contribution < -0.4 is 0 Å². The second-order valence-corrected chi connectivity index (χ2v) is 16.3. The zero-order valence-electron chi connectivity index (χ0n) is 31.8. The Morgan fingerprint density at radius 2 is 0.949 bits per heavy atom. The highest BCUT2D eigenvalue weighted by atomic mass is 16.3. The molecule has 1 spiro atoms. The molecule has 272 valence electrons. The third-order valence-corrected chi connectivity index (χ3v) is 13.5. The highest BCUT2D eigenvalue weighted by molar-refractivity contribution is 6.20. The van der Waals surface area contributed by atoms with Gasteiger partial charge in [-0.1, -0.05) is 152 Å². The Hall–Kier alpha value is -7.68. The molecule has 0 radical (unpaired) electrons. The van der Waals surface area contributed by atoms with Crippen molar-refractivity contribution in [2.75, 3.05) is 0 Å². The molecule has 2 aromatic heterocycles. The van der Waals surface area contributed by atoms with Gasteiger partial charge < -0.3 is 8.83 Å². The predicted molar refractivity (Wildman–Crippen MR) is 243 cm³/mol. The van der Waals surface area contributed by atoms with Crippen LogP contribution in [0.25, 0.3) is 110 Å². The molecular formula is C57H32O2. The molecule has 10 aromatic carbocycles. The fraction of sp³-hybridized carbons (Fsp3) is 0.0175. The second-order valence-electron chi connectivity index (χ2n) is 16.3. The number of benzene rings is 10. The van der Waals surface area contributed by atoms with Gasteiger partial charge in [-0.05, 0) is 125 Å². The van der Waals surface area contributed by atoms with E-state index in [1.165, 1.54) is 66.2 Å². The first-order chi connectivity index (χ1) is 29.3. The zero-order valence-corrected chi connectivity index (χ0v) is 31.8. The fourth-order valence-electron chi connectivity index (χ4n) is 11.1. The second kappa shape index (κ2) is 11.2. The van der Waals surface area contributed by atoms with Crippen LogP contribution >= 0.6 is 0 Å². The number of para-hydroxylation sites is 1. The lowest BCUT2D eigenvalue weighted by Gasteiger charge is -2.32. The van der Waals surface area contributed by atoms with E-state index in [1.807, 2.05) is 6.07 Å². The molecule has 0 atom stereocenters. The van der Waals surface area contributed by atoms with Gasteiger partial charge in [-0.2, -0.15) is 0 Å². The first kappa shape index (κ1) is 31.4. The SMILES string of the molecule is c1ccc2c(c1)-c1ccccc1C21c2cc(-c3cccc4oc5c6ccccc6ccc5c34)cc(-c3ccc4c(c3)oc3ccccc34)c2-c2ccc3ccccc3c21. The number of hydrogen-bond donors (Lipinski definition) is 0. The van der Waals surface area contributed by atoms with Crippen LogP contribution in [0.15, 0.2) is 203 Å². The first-order valence-electron chi connectivity index (χ1n) is 20.4. The molecule has 2 aliphatic rings. The quantitative estimate of drug-likeness (QED) is 0.176. The van der Waals surface area contributed by atoms with Gasteiger partial charge >= 0.3 is 0 Å². The molecule has 12 aromatic rings. The molecule has 0 saturated carbocycles. The molecule has 2 heteroatoms. The van der Waals surface area contributed by atoms with E-state index < -0.39 is 5.41 Å². The van der Waals surface area contributed by atoms with Crippen LogP contribution in [0.4, 0.5) is 0 Å². The van der Waals surface area contributed by atoms with Crippen LogP contribution in [-0.4, -0.2) is 0 Å². The molecule has 0 amide bonds. The van der Waals surface area contributed by atoms with E-state index in [2.05, 4.69) is 188 Å². The Kier molecular flexibility index (Phi) is 5.99. The maximum absolute atomic E-state index is 6.79. The van der Waals surface area contributed by atoms with Gasteiger partial charge in [-0.15, -0.1) is 0 Å². The van der Waals surface area contributed by atoms with Gasteiger partial charge in [0.05, 0.1) is 5.41 Å². The van der Waals surface area contributed by atoms with Gasteiger partial charge in [0.15, 0.2) is 0 Å². The fourth-order valence-corrected chi connectivity index (χ4v) is 11.1. The molecule has 0 bridgehead atoms. The number of furan rings is 2. The van der Waals surface area contributed by atoms with Crippen molar-refractivity contribution in [1.29, 1.82) is 0 Å². The van der Waals surface area contributed by atoms with Gasteiger partial charge in [0, 0.05) is 26.9 Å². The maximum Gasteiger partial charge on any atom is 0.143 e. The Labute approximate surface area is 339 Å². The van der Waals surface area contributed by atoms with Crippen LogP contribution in [-0.2, 0) is 5.41 Å². The largest absolute Gasteiger partial charge is 0.456 e. The third-order valence-electron chi connectivity index (χ3n) is 13.5. The van der Waals surface area contributed by atoms with Gasteiger partial charge in [0.25, 0.3) is 0 Å². The van der Waals surface area contributed by atoms with E-state index in [9.17, 15) is 0 Å². The average Bonchev–Trinajstić information content (AvgIpc) is 4.04. The van der Waals surface area contributed by atoms with Crippen LogP contribution in [0.2, 0.25) is 0 Å². The molecule has 59 heavy (non-hydrogen) atoms. The third kappa shape index (κ3) is 3.96. The standard InChI is InChI=1S/C57H32O2/c1-3-14-38-33(12-1)24-28-44-53-46(35-26-27-43-42-18-7-10-22-50(42)58-52(43)32-35)30-36(37-19-11-23-51-54(37)45-29-25-34-13-2-4-15-39(34)56(45)59-51)31-49(53)57(55(38)44)47-20-8-5-16-40(47)41-17-6-9-21-48(41)57/h1-32H. The van der Waals surface area contributed by atoms with Crippen molar-refractivity contribution in [2.24, 2.45) is 0 Å². The highest BCUT2D eigenvalue weighted by Gasteiger charge is 2.53. The summed E-state index contributed by atoms with van der Waals surface area (Å²) < 4.78 is 13.4. The van der Waals surface area contributed by atoms with E-state index in [0.29, 0.717) is 0 Å². The molecule has 0 N–H and O–H groups in total. The van der Waals surface area contributed by atoms with Gasteiger partial charge in [0.2, 0.25) is 0 Å². The van der Waals surface area contributed by atoms with Crippen molar-refractivity contribution in [3.05, 3.63) is 216 Å². The van der Waals surface area contributed by atoms with E-state index >= 15 is 0 Å². The molecule has 0 aliphatic heterocycles. The normalized spacial score (nSPS) is 13.6. The molecule has 2 heterocycles. The Morgan fingerprint density at radius 3 is 1.78 bits per heavy atom. The zero-order chi connectivity index (χ0) is 38.4. The highest BCUT2D eigenvalue weighted by Crippen LogP contribution is 2.66. The molecule has 2 nitrogen and oxygen atoms in total. The summed E-state index contributed by atoms with van der Waals surface area (Å²) >= 11 is 0. The molecule has 14 rings (SSSR count). The summed E-state index contributed by atoms with van der Waals surface area (Å²) in [5.74, 6) is 0. The van der Waals surface area contributed by atoms with Crippen LogP contribution in [0.3, 0.4) is 0 Å². The summed E-state index contributed by atoms with van der Waals surface area (Å²) in [4.78, 5) is 0. The topological polar surface area (TPSA) is 26.3 Å². The van der Waals surface area contributed by atoms with Crippen molar-refractivity contribution in [2.45, 2.75) is 5.41 Å². The Bertz CT molecular complexity index is 3750. The van der Waals surface area contributed by atoms with Crippen molar-refractivity contribution in [3.63, 3.8) is 0 Å². The maximum atomic E-state index is 6.79. The first-order valence-corrected chi connectivity index (χ1v) is 20.4. The van der Waals surface area contributed by atoms with Crippen molar-refractivity contribution in [3.8, 4) is 44.5 Å². The molecular weight excluding hydrogens is 717 g/mol. The molecule has 0 saturated heterocycles. The lowest BCUT2D eigenvalue weighted by molar-refractivity contribution is 0.669. The van der Waals surface area contributed by atoms with Crippen molar-refractivity contribution < 1.29 is 8.83 Å².